The first kappa shape index (κ1) is 16.4. The molecule has 4 heteroatoms. The molecule has 0 spiro atoms. The monoisotopic (exact) mass is 360 g/mol. The molecule has 0 saturated heterocycles. The van der Waals surface area contributed by atoms with Crippen molar-refractivity contribution in [2.45, 2.75) is 19.3 Å². The van der Waals surface area contributed by atoms with Gasteiger partial charge in [0, 0.05) is 16.5 Å². The number of benzene rings is 2. The predicted octanol–water partition coefficient (Wildman–Crippen LogP) is 4.36. The van der Waals surface area contributed by atoms with Crippen LogP contribution in [0, 0.1) is 5.92 Å². The molecule has 0 heterocycles. The minimum atomic E-state index is -0.915. The van der Waals surface area contributed by atoms with Gasteiger partial charge in [-0.15, -0.1) is 0 Å². The number of carboxylic acids is 1. The average Bonchev–Trinajstić information content (AvgIpc) is 2.52. The zero-order valence-corrected chi connectivity index (χ0v) is 13.6. The summed E-state index contributed by atoms with van der Waals surface area (Å²) in [4.78, 5) is 23.6. The van der Waals surface area contributed by atoms with Crippen LogP contribution >= 0.6 is 15.9 Å². The highest BCUT2D eigenvalue weighted by Crippen LogP contribution is 2.18. The lowest BCUT2D eigenvalue weighted by molar-refractivity contribution is -0.141. The van der Waals surface area contributed by atoms with E-state index in [4.69, 9.17) is 0 Å². The van der Waals surface area contributed by atoms with Crippen LogP contribution in [0.1, 0.15) is 28.8 Å². The third kappa shape index (κ3) is 4.81. The smallest absolute Gasteiger partial charge is 0.306 e. The normalized spacial score (nSPS) is 11.9. The molecule has 3 nitrogen and oxygen atoms in total. The maximum absolute atomic E-state index is 12.2. The second kappa shape index (κ2) is 7.90. The molecule has 0 aliphatic rings. The third-order valence-corrected chi connectivity index (χ3v) is 4.10. The van der Waals surface area contributed by atoms with Gasteiger partial charge in [0.25, 0.3) is 0 Å². The number of hydrogen-bond donors (Lipinski definition) is 1. The van der Waals surface area contributed by atoms with Crippen LogP contribution in [0.5, 0.6) is 0 Å². The first-order valence-corrected chi connectivity index (χ1v) is 7.91. The fraction of sp³-hybridized carbons (Fsp3) is 0.222. The number of ketones is 1. The number of carbonyl (C=O) groups is 2. The molecular formula is C18H17BrO3. The van der Waals surface area contributed by atoms with Crippen LogP contribution in [0.25, 0.3) is 0 Å². The number of hydrogen-bond acceptors (Lipinski definition) is 2. The van der Waals surface area contributed by atoms with Gasteiger partial charge in [-0.25, -0.2) is 0 Å². The zero-order valence-electron chi connectivity index (χ0n) is 12.0. The molecule has 1 atom stereocenters. The second-order valence-electron chi connectivity index (χ2n) is 5.19. The Morgan fingerprint density at radius 1 is 1.00 bits per heavy atom. The first-order valence-electron chi connectivity index (χ1n) is 7.12. The van der Waals surface area contributed by atoms with E-state index in [2.05, 4.69) is 15.9 Å². The first-order chi connectivity index (χ1) is 10.6. The quantitative estimate of drug-likeness (QED) is 0.746. The summed E-state index contributed by atoms with van der Waals surface area (Å²) in [6, 6.07) is 16.7. The van der Waals surface area contributed by atoms with E-state index in [1.807, 2.05) is 30.3 Å². The summed E-state index contributed by atoms with van der Waals surface area (Å²) in [5.41, 5.74) is 1.64. The molecule has 22 heavy (non-hydrogen) atoms. The Kier molecular flexibility index (Phi) is 5.90. The van der Waals surface area contributed by atoms with Crippen LogP contribution < -0.4 is 0 Å². The van der Waals surface area contributed by atoms with Crippen LogP contribution in [0.2, 0.25) is 0 Å². The van der Waals surface area contributed by atoms with Crippen molar-refractivity contribution < 1.29 is 14.7 Å². The van der Waals surface area contributed by atoms with Crippen LogP contribution in [0.4, 0.5) is 0 Å². The maximum Gasteiger partial charge on any atom is 0.306 e. The summed E-state index contributed by atoms with van der Waals surface area (Å²) < 4.78 is 0.892. The number of halogens is 1. The number of carbonyl (C=O) groups excluding carboxylic acids is 1. The molecule has 0 aromatic heterocycles. The van der Waals surface area contributed by atoms with Gasteiger partial charge in [0.1, 0.15) is 0 Å². The van der Waals surface area contributed by atoms with Gasteiger partial charge in [-0.1, -0.05) is 58.4 Å². The zero-order chi connectivity index (χ0) is 15.9. The SMILES string of the molecule is O=C(CC(CCc1ccccc1)C(=O)O)c1ccc(Br)cc1. The lowest BCUT2D eigenvalue weighted by Gasteiger charge is -2.11. The Morgan fingerprint density at radius 3 is 2.23 bits per heavy atom. The molecule has 2 aromatic carbocycles. The molecule has 2 rings (SSSR count). The van der Waals surface area contributed by atoms with Crippen LogP contribution in [0.15, 0.2) is 59.1 Å². The van der Waals surface area contributed by atoms with Gasteiger partial charge in [0.15, 0.2) is 5.78 Å². The van der Waals surface area contributed by atoms with E-state index in [-0.39, 0.29) is 12.2 Å². The highest BCUT2D eigenvalue weighted by Gasteiger charge is 2.21. The highest BCUT2D eigenvalue weighted by atomic mass is 79.9. The number of carboxylic acid groups (broad SMARTS) is 1. The molecule has 0 radical (unpaired) electrons. The van der Waals surface area contributed by atoms with Gasteiger partial charge in [0.05, 0.1) is 5.92 Å². The van der Waals surface area contributed by atoms with E-state index >= 15 is 0 Å². The van der Waals surface area contributed by atoms with Crippen molar-refractivity contribution in [1.29, 1.82) is 0 Å². The van der Waals surface area contributed by atoms with Crippen molar-refractivity contribution in [2.75, 3.05) is 0 Å². The van der Waals surface area contributed by atoms with Crippen molar-refractivity contribution in [3.8, 4) is 0 Å². The molecule has 1 N–H and O–H groups in total. The summed E-state index contributed by atoms with van der Waals surface area (Å²) in [6.07, 6.45) is 1.15. The molecule has 0 fully saturated rings. The largest absolute Gasteiger partial charge is 0.481 e. The molecule has 1 unspecified atom stereocenters. The van der Waals surface area contributed by atoms with Gasteiger partial charge in [0.2, 0.25) is 0 Å². The Labute approximate surface area is 138 Å². The van der Waals surface area contributed by atoms with E-state index in [0.29, 0.717) is 18.4 Å². The molecular weight excluding hydrogens is 344 g/mol. The second-order valence-corrected chi connectivity index (χ2v) is 6.11. The molecule has 114 valence electrons. The fourth-order valence-electron chi connectivity index (χ4n) is 2.28. The summed E-state index contributed by atoms with van der Waals surface area (Å²) in [5.74, 6) is -1.70. The molecule has 0 saturated carbocycles. The Hall–Kier alpha value is -1.94. The predicted molar refractivity (Wildman–Crippen MR) is 89.0 cm³/mol. The maximum atomic E-state index is 12.2. The summed E-state index contributed by atoms with van der Waals surface area (Å²) in [5, 5.41) is 9.33. The summed E-state index contributed by atoms with van der Waals surface area (Å²) in [7, 11) is 0. The van der Waals surface area contributed by atoms with E-state index in [1.54, 1.807) is 24.3 Å². The van der Waals surface area contributed by atoms with Gasteiger partial charge in [-0.2, -0.15) is 0 Å². The minimum Gasteiger partial charge on any atom is -0.481 e. The van der Waals surface area contributed by atoms with Crippen molar-refractivity contribution in [1.82, 2.24) is 0 Å². The van der Waals surface area contributed by atoms with E-state index in [0.717, 1.165) is 10.0 Å². The average molecular weight is 361 g/mol. The minimum absolute atomic E-state index is 0.0315. The number of aliphatic carboxylic acids is 1. The van der Waals surface area contributed by atoms with Crippen molar-refractivity contribution >= 4 is 27.7 Å². The topological polar surface area (TPSA) is 54.4 Å². The fourth-order valence-corrected chi connectivity index (χ4v) is 2.54. The molecule has 0 aliphatic carbocycles. The Balaban J connectivity index is 1.98. The van der Waals surface area contributed by atoms with Gasteiger partial charge in [-0.05, 0) is 30.5 Å². The number of aryl methyl sites for hydroxylation is 1. The lowest BCUT2D eigenvalue weighted by Crippen LogP contribution is -2.19. The lowest BCUT2D eigenvalue weighted by atomic mass is 9.92. The Morgan fingerprint density at radius 2 is 1.64 bits per heavy atom. The van der Waals surface area contributed by atoms with Crippen LogP contribution in [-0.2, 0) is 11.2 Å². The molecule has 2 aromatic rings. The molecule has 0 amide bonds. The number of Topliss-reactive ketones (excluding diaryl/α,β-unsaturated/α-hetero) is 1. The van der Waals surface area contributed by atoms with Crippen molar-refractivity contribution in [2.24, 2.45) is 5.92 Å². The van der Waals surface area contributed by atoms with E-state index in [9.17, 15) is 14.7 Å². The van der Waals surface area contributed by atoms with Crippen molar-refractivity contribution in [3.05, 3.63) is 70.2 Å². The standard InChI is InChI=1S/C18H17BrO3/c19-16-10-8-14(9-11-16)17(20)12-15(18(21)22)7-6-13-4-2-1-3-5-13/h1-5,8-11,15H,6-7,12H2,(H,21,22). The van der Waals surface area contributed by atoms with Crippen LogP contribution in [0.3, 0.4) is 0 Å². The summed E-state index contributed by atoms with van der Waals surface area (Å²) >= 11 is 3.31. The molecule has 0 aliphatic heterocycles. The third-order valence-electron chi connectivity index (χ3n) is 3.57. The van der Waals surface area contributed by atoms with E-state index < -0.39 is 11.9 Å². The van der Waals surface area contributed by atoms with Gasteiger partial charge >= 0.3 is 5.97 Å². The Bertz CT molecular complexity index is 635. The van der Waals surface area contributed by atoms with E-state index in [1.165, 1.54) is 0 Å². The number of rotatable bonds is 7. The van der Waals surface area contributed by atoms with Crippen molar-refractivity contribution in [3.63, 3.8) is 0 Å². The van der Waals surface area contributed by atoms with Gasteiger partial charge in [-0.3, -0.25) is 9.59 Å². The molecule has 0 bridgehead atoms. The van der Waals surface area contributed by atoms with Crippen LogP contribution in [-0.4, -0.2) is 16.9 Å². The summed E-state index contributed by atoms with van der Waals surface area (Å²) in [6.45, 7) is 0. The highest BCUT2D eigenvalue weighted by molar-refractivity contribution is 9.10. The van der Waals surface area contributed by atoms with Gasteiger partial charge < -0.3 is 5.11 Å².